The summed E-state index contributed by atoms with van der Waals surface area (Å²) in [4.78, 5) is 9.41. The van der Waals surface area contributed by atoms with Crippen LogP contribution in [0.15, 0.2) is 122 Å². The predicted molar refractivity (Wildman–Crippen MR) is 189 cm³/mol. The van der Waals surface area contributed by atoms with Crippen molar-refractivity contribution in [2.75, 3.05) is 0 Å². The van der Waals surface area contributed by atoms with Gasteiger partial charge < -0.3 is 4.74 Å². The number of rotatable bonds is 5. The Labute approximate surface area is 270 Å². The number of benzene rings is 4. The first-order valence-corrected chi connectivity index (χ1v) is 15.8. The van der Waals surface area contributed by atoms with Crippen LogP contribution in [0.25, 0.3) is 66.3 Å². The van der Waals surface area contributed by atoms with E-state index >= 15 is 0 Å². The van der Waals surface area contributed by atoms with Crippen LogP contribution in [0.5, 0.6) is 11.6 Å². The molecule has 0 bridgehead atoms. The zero-order chi connectivity index (χ0) is 31.6. The lowest BCUT2D eigenvalue weighted by Crippen LogP contribution is -1.99. The molecule has 7 nitrogen and oxygen atoms in total. The van der Waals surface area contributed by atoms with Crippen molar-refractivity contribution in [2.45, 2.75) is 26.7 Å². The minimum Gasteiger partial charge on any atom is -0.439 e. The van der Waals surface area contributed by atoms with Gasteiger partial charge in [0.15, 0.2) is 11.5 Å². The molecule has 0 aliphatic heterocycles. The molecular formula is C40H30N6O. The molecule has 0 unspecified atom stereocenters. The first kappa shape index (κ1) is 27.2. The highest BCUT2D eigenvalue weighted by Gasteiger charge is 2.20. The summed E-state index contributed by atoms with van der Waals surface area (Å²) >= 11 is 0. The smallest absolute Gasteiger partial charge is 0.221 e. The largest absolute Gasteiger partial charge is 0.439 e. The van der Waals surface area contributed by atoms with Crippen molar-refractivity contribution in [3.05, 3.63) is 133 Å². The summed E-state index contributed by atoms with van der Waals surface area (Å²) in [6.07, 6.45) is 3.70. The van der Waals surface area contributed by atoms with Crippen molar-refractivity contribution in [1.29, 1.82) is 0 Å². The second-order valence-electron chi connectivity index (χ2n) is 12.3. The van der Waals surface area contributed by atoms with Gasteiger partial charge in [0.1, 0.15) is 11.6 Å². The number of fused-ring (bicyclic) bond motifs is 9. The molecule has 4 aromatic carbocycles. The number of aryl methyl sites for hydroxylation is 1. The molecule has 0 saturated heterocycles. The fraction of sp³-hybridized carbons (Fsp3) is 0.100. The zero-order valence-electron chi connectivity index (χ0n) is 26.2. The van der Waals surface area contributed by atoms with E-state index in [9.17, 15) is 0 Å². The molecule has 0 aliphatic carbocycles. The maximum Gasteiger partial charge on any atom is 0.221 e. The van der Waals surface area contributed by atoms with Crippen molar-refractivity contribution >= 4 is 49.1 Å². The van der Waals surface area contributed by atoms with E-state index in [0.29, 0.717) is 17.5 Å². The second kappa shape index (κ2) is 10.5. The van der Waals surface area contributed by atoms with Crippen LogP contribution in [-0.2, 0) is 0 Å². The van der Waals surface area contributed by atoms with Gasteiger partial charge in [0, 0.05) is 45.6 Å². The number of nitrogens with zero attached hydrogens (tertiary/aromatic N) is 6. The molecule has 7 heteroatoms. The van der Waals surface area contributed by atoms with Gasteiger partial charge in [0.05, 0.1) is 16.6 Å². The predicted octanol–water partition coefficient (Wildman–Crippen LogP) is 9.81. The van der Waals surface area contributed by atoms with Gasteiger partial charge in [-0.15, -0.1) is 10.2 Å². The molecule has 0 amide bonds. The third-order valence-corrected chi connectivity index (χ3v) is 9.12. The van der Waals surface area contributed by atoms with E-state index in [2.05, 4.69) is 101 Å². The van der Waals surface area contributed by atoms with Crippen LogP contribution in [0.2, 0.25) is 0 Å². The Balaban J connectivity index is 1.25. The van der Waals surface area contributed by atoms with E-state index in [1.807, 2.05) is 54.9 Å². The number of ether oxygens (including phenoxy) is 1. The third kappa shape index (κ3) is 4.20. The van der Waals surface area contributed by atoms with Crippen molar-refractivity contribution in [3.63, 3.8) is 0 Å². The summed E-state index contributed by atoms with van der Waals surface area (Å²) in [5, 5.41) is 15.0. The van der Waals surface area contributed by atoms with Gasteiger partial charge in [-0.3, -0.25) is 8.97 Å². The number of para-hydroxylation sites is 1. The molecule has 0 atom stereocenters. The van der Waals surface area contributed by atoms with Gasteiger partial charge in [0.2, 0.25) is 5.88 Å². The fourth-order valence-corrected chi connectivity index (χ4v) is 6.95. The number of aromatic nitrogens is 6. The normalized spacial score (nSPS) is 11.9. The van der Waals surface area contributed by atoms with Gasteiger partial charge >= 0.3 is 0 Å². The van der Waals surface area contributed by atoms with Gasteiger partial charge in [-0.2, -0.15) is 0 Å². The topological polar surface area (TPSA) is 70.1 Å². The molecule has 9 rings (SSSR count). The minimum absolute atomic E-state index is 0.329. The Morgan fingerprint density at radius 3 is 2.34 bits per heavy atom. The molecule has 0 radical (unpaired) electrons. The first-order chi connectivity index (χ1) is 23.1. The number of hydrogen-bond acceptors (Lipinski definition) is 5. The van der Waals surface area contributed by atoms with Gasteiger partial charge in [0.25, 0.3) is 0 Å². The molecule has 0 fully saturated rings. The summed E-state index contributed by atoms with van der Waals surface area (Å²) in [5.41, 5.74) is 7.41. The van der Waals surface area contributed by atoms with Crippen molar-refractivity contribution in [2.24, 2.45) is 0 Å². The average Bonchev–Trinajstić information content (AvgIpc) is 3.69. The number of hydrogen-bond donors (Lipinski definition) is 0. The van der Waals surface area contributed by atoms with Crippen LogP contribution in [0.4, 0.5) is 0 Å². The Hall–Kier alpha value is -6.08. The molecule has 0 aliphatic rings. The highest BCUT2D eigenvalue weighted by molar-refractivity contribution is 6.14. The van der Waals surface area contributed by atoms with Gasteiger partial charge in [-0.05, 0) is 71.8 Å². The summed E-state index contributed by atoms with van der Waals surface area (Å²) < 4.78 is 10.9. The molecule has 5 aromatic heterocycles. The highest BCUT2D eigenvalue weighted by Crippen LogP contribution is 2.39. The first-order valence-electron chi connectivity index (χ1n) is 15.8. The van der Waals surface area contributed by atoms with Crippen LogP contribution in [0.1, 0.15) is 30.9 Å². The third-order valence-electron chi connectivity index (χ3n) is 9.12. The molecule has 9 aromatic rings. The standard InChI is InChI=1S/C40H30N6O/c1-24(2)27-14-10-16-34-38(27)30-19-18-26(21-31(30)40-44-43-39(46(34)40)28-12-5-4-11-25(28)3)47-37-22-35-32(23-42-37)29-13-6-7-15-33(29)45(35)36-17-8-9-20-41-36/h4-24H,1-3H3. The van der Waals surface area contributed by atoms with Crippen molar-refractivity contribution < 1.29 is 4.74 Å². The molecular weight excluding hydrogens is 580 g/mol. The maximum absolute atomic E-state index is 6.53. The molecule has 0 spiro atoms. The summed E-state index contributed by atoms with van der Waals surface area (Å²) in [6, 6.07) is 37.3. The van der Waals surface area contributed by atoms with Crippen LogP contribution >= 0.6 is 0 Å². The van der Waals surface area contributed by atoms with E-state index in [0.717, 1.165) is 66.5 Å². The Bertz CT molecular complexity index is 2650. The van der Waals surface area contributed by atoms with Gasteiger partial charge in [-0.25, -0.2) is 9.97 Å². The SMILES string of the molecule is Cc1ccccc1-c1nnc2c3cc(Oc4cc5c(cn4)c4ccccc4n5-c4ccccn4)ccc3c3c(C(C)C)cccc3n12. The molecule has 226 valence electrons. The lowest BCUT2D eigenvalue weighted by atomic mass is 9.94. The minimum atomic E-state index is 0.329. The Morgan fingerprint density at radius 1 is 0.660 bits per heavy atom. The van der Waals surface area contributed by atoms with E-state index in [1.54, 1.807) is 0 Å². The lowest BCUT2D eigenvalue weighted by Gasteiger charge is -2.16. The number of pyridine rings is 3. The fourth-order valence-electron chi connectivity index (χ4n) is 6.95. The van der Waals surface area contributed by atoms with Gasteiger partial charge in [-0.1, -0.05) is 74.5 Å². The highest BCUT2D eigenvalue weighted by atomic mass is 16.5. The van der Waals surface area contributed by atoms with Crippen LogP contribution in [0, 0.1) is 6.92 Å². The molecule has 0 N–H and O–H groups in total. The second-order valence-corrected chi connectivity index (χ2v) is 12.3. The zero-order valence-corrected chi connectivity index (χ0v) is 26.2. The Morgan fingerprint density at radius 2 is 1.49 bits per heavy atom. The van der Waals surface area contributed by atoms with E-state index in [1.165, 1.54) is 10.9 Å². The van der Waals surface area contributed by atoms with E-state index < -0.39 is 0 Å². The van der Waals surface area contributed by atoms with Crippen LogP contribution < -0.4 is 4.74 Å². The molecule has 0 saturated carbocycles. The van der Waals surface area contributed by atoms with Crippen LogP contribution in [0.3, 0.4) is 0 Å². The van der Waals surface area contributed by atoms with E-state index in [-0.39, 0.29) is 0 Å². The Kier molecular flexibility index (Phi) is 6.08. The van der Waals surface area contributed by atoms with Crippen molar-refractivity contribution in [3.8, 4) is 28.8 Å². The monoisotopic (exact) mass is 610 g/mol. The summed E-state index contributed by atoms with van der Waals surface area (Å²) in [5.74, 6) is 3.17. The molecule has 5 heterocycles. The molecule has 47 heavy (non-hydrogen) atoms. The summed E-state index contributed by atoms with van der Waals surface area (Å²) in [6.45, 7) is 6.59. The quantitative estimate of drug-likeness (QED) is 0.181. The van der Waals surface area contributed by atoms with E-state index in [4.69, 9.17) is 19.9 Å². The lowest BCUT2D eigenvalue weighted by molar-refractivity contribution is 0.464. The maximum atomic E-state index is 6.53. The summed E-state index contributed by atoms with van der Waals surface area (Å²) in [7, 11) is 0. The average molecular weight is 611 g/mol. The van der Waals surface area contributed by atoms with Crippen molar-refractivity contribution in [1.82, 2.24) is 29.1 Å². The van der Waals surface area contributed by atoms with Crippen LogP contribution in [-0.4, -0.2) is 29.1 Å².